The highest BCUT2D eigenvalue weighted by Crippen LogP contribution is 2.41. The number of carbonyl (C=O) groups excluding carboxylic acids is 2. The van der Waals surface area contributed by atoms with Gasteiger partial charge in [-0.3, -0.25) is 9.59 Å². The molecule has 3 N–H and O–H groups in total. The minimum atomic E-state index is -2.87. The predicted octanol–water partition coefficient (Wildman–Crippen LogP) is 3.36. The average molecular weight is 471 g/mol. The van der Waals surface area contributed by atoms with Gasteiger partial charge in [-0.25, -0.2) is 8.78 Å². The number of piperidine rings is 1. The van der Waals surface area contributed by atoms with E-state index in [2.05, 4.69) is 5.32 Å². The van der Waals surface area contributed by atoms with Gasteiger partial charge < -0.3 is 20.4 Å². The van der Waals surface area contributed by atoms with Crippen LogP contribution in [0.15, 0.2) is 35.5 Å². The van der Waals surface area contributed by atoms with Crippen LogP contribution in [-0.4, -0.2) is 51.5 Å². The lowest BCUT2D eigenvalue weighted by Gasteiger charge is -2.49. The Morgan fingerprint density at radius 2 is 1.78 bits per heavy atom. The van der Waals surface area contributed by atoms with Gasteiger partial charge in [-0.05, 0) is 50.5 Å². The Bertz CT molecular complexity index is 928. The van der Waals surface area contributed by atoms with E-state index in [0.717, 1.165) is 0 Å². The van der Waals surface area contributed by atoms with E-state index in [0.29, 0.717) is 16.2 Å². The molecule has 1 saturated heterocycles. The summed E-state index contributed by atoms with van der Waals surface area (Å²) in [7, 11) is 0. The Labute approximate surface area is 191 Å². The average Bonchev–Trinajstić information content (AvgIpc) is 3.07. The monoisotopic (exact) mass is 470 g/mol. The molecule has 1 saturated carbocycles. The zero-order chi connectivity index (χ0) is 23.9. The highest BCUT2D eigenvalue weighted by molar-refractivity contribution is 6.30. The van der Waals surface area contributed by atoms with Gasteiger partial charge >= 0.3 is 0 Å². The molecule has 9 heteroatoms. The predicted molar refractivity (Wildman–Crippen MR) is 116 cm³/mol. The molecule has 2 aliphatic rings. The highest BCUT2D eigenvalue weighted by atomic mass is 35.5. The largest absolute Gasteiger partial charge is 0.385 e. The van der Waals surface area contributed by atoms with Gasteiger partial charge in [-0.2, -0.15) is 0 Å². The third kappa shape index (κ3) is 4.82. The molecule has 2 amide bonds. The van der Waals surface area contributed by atoms with Crippen LogP contribution in [0.4, 0.5) is 8.78 Å². The molecule has 2 fully saturated rings. The highest BCUT2D eigenvalue weighted by Gasteiger charge is 2.52. The molecule has 0 aromatic heterocycles. The van der Waals surface area contributed by atoms with Gasteiger partial charge in [0.15, 0.2) is 0 Å². The SMILES string of the molecule is CC(C)=C(NC(=O)C1CCC(F)(F)C1)C(=O)N1CC[C@](O)(c2ccc(Cl)cc2)[C@@](C)(O)C1. The van der Waals surface area contributed by atoms with Crippen molar-refractivity contribution < 1.29 is 28.6 Å². The van der Waals surface area contributed by atoms with Crippen molar-refractivity contribution in [3.63, 3.8) is 0 Å². The van der Waals surface area contributed by atoms with Gasteiger partial charge in [0.2, 0.25) is 11.8 Å². The minimum absolute atomic E-state index is 0.0120. The zero-order valence-corrected chi connectivity index (χ0v) is 19.2. The second kappa shape index (κ2) is 8.72. The van der Waals surface area contributed by atoms with Gasteiger partial charge in [0.05, 0.1) is 6.54 Å². The summed E-state index contributed by atoms with van der Waals surface area (Å²) in [4.78, 5) is 27.1. The molecule has 6 nitrogen and oxygen atoms in total. The molecule has 32 heavy (non-hydrogen) atoms. The Hall–Kier alpha value is -2.03. The fourth-order valence-corrected chi connectivity index (χ4v) is 4.58. The van der Waals surface area contributed by atoms with E-state index in [4.69, 9.17) is 11.6 Å². The van der Waals surface area contributed by atoms with E-state index < -0.39 is 41.3 Å². The molecule has 1 aliphatic heterocycles. The number of rotatable bonds is 4. The number of aliphatic hydroxyl groups is 2. The number of hydrogen-bond donors (Lipinski definition) is 3. The summed E-state index contributed by atoms with van der Waals surface area (Å²) in [6, 6.07) is 6.50. The second-order valence-corrected chi connectivity index (χ2v) is 9.71. The molecule has 176 valence electrons. The van der Waals surface area contributed by atoms with Crippen molar-refractivity contribution in [1.29, 1.82) is 0 Å². The fraction of sp³-hybridized carbons (Fsp3) is 0.565. The van der Waals surface area contributed by atoms with Gasteiger partial charge in [0, 0.05) is 36.7 Å². The molecule has 1 unspecified atom stereocenters. The second-order valence-electron chi connectivity index (χ2n) is 9.28. The number of allylic oxidation sites excluding steroid dienone is 1. The van der Waals surface area contributed by atoms with E-state index in [1.807, 2.05) is 0 Å². The number of alkyl halides is 2. The third-order valence-electron chi connectivity index (χ3n) is 6.48. The lowest BCUT2D eigenvalue weighted by Crippen LogP contribution is -2.63. The lowest BCUT2D eigenvalue weighted by molar-refractivity contribution is -0.189. The third-order valence-corrected chi connectivity index (χ3v) is 6.73. The van der Waals surface area contributed by atoms with E-state index in [1.165, 1.54) is 11.8 Å². The zero-order valence-electron chi connectivity index (χ0n) is 18.4. The van der Waals surface area contributed by atoms with Crippen LogP contribution in [0.3, 0.4) is 0 Å². The molecule has 1 aliphatic carbocycles. The van der Waals surface area contributed by atoms with Gasteiger partial charge in [0.25, 0.3) is 5.91 Å². The number of nitrogens with zero attached hydrogens (tertiary/aromatic N) is 1. The summed E-state index contributed by atoms with van der Waals surface area (Å²) in [6.45, 7) is 4.68. The summed E-state index contributed by atoms with van der Waals surface area (Å²) >= 11 is 5.92. The molecule has 1 aromatic carbocycles. The quantitative estimate of drug-likeness (QED) is 0.589. The maximum Gasteiger partial charge on any atom is 0.270 e. The molecule has 0 spiro atoms. The van der Waals surface area contributed by atoms with Gasteiger partial charge in [-0.15, -0.1) is 0 Å². The summed E-state index contributed by atoms with van der Waals surface area (Å²) in [5.41, 5.74) is -2.27. The lowest BCUT2D eigenvalue weighted by atomic mass is 9.73. The van der Waals surface area contributed by atoms with Crippen LogP contribution in [0.1, 0.15) is 52.0 Å². The van der Waals surface area contributed by atoms with Crippen molar-refractivity contribution in [1.82, 2.24) is 10.2 Å². The number of β-amino-alcohol motifs (C(OH)–C–C–N with tert-alkyl or cyclic N) is 1. The Balaban J connectivity index is 1.75. The summed E-state index contributed by atoms with van der Waals surface area (Å²) in [5, 5.41) is 25.4. The topological polar surface area (TPSA) is 89.9 Å². The van der Waals surface area contributed by atoms with Crippen LogP contribution < -0.4 is 5.32 Å². The standard InChI is InChI=1S/C23H29ClF2N2O4/c1-14(2)18(27-19(29)15-8-9-22(25,26)12-15)20(30)28-11-10-23(32,21(3,31)13-28)16-4-6-17(24)7-5-16/h4-7,15,31-32H,8-13H2,1-3H3,(H,27,29)/t15?,21-,23-/m0/s1. The van der Waals surface area contributed by atoms with Crippen LogP contribution in [0, 0.1) is 5.92 Å². The molecule has 3 atom stereocenters. The van der Waals surface area contributed by atoms with Gasteiger partial charge in [-0.1, -0.05) is 23.7 Å². The Kier molecular flexibility index (Phi) is 6.71. The van der Waals surface area contributed by atoms with Crippen LogP contribution in [0.5, 0.6) is 0 Å². The van der Waals surface area contributed by atoms with E-state index in [-0.39, 0.29) is 38.0 Å². The number of hydrogen-bond acceptors (Lipinski definition) is 4. The van der Waals surface area contributed by atoms with Crippen molar-refractivity contribution in [2.45, 2.75) is 63.6 Å². The number of benzene rings is 1. The summed E-state index contributed by atoms with van der Waals surface area (Å²) in [6.07, 6.45) is -0.751. The minimum Gasteiger partial charge on any atom is -0.385 e. The molecule has 1 heterocycles. The maximum atomic E-state index is 13.5. The van der Waals surface area contributed by atoms with Crippen molar-refractivity contribution in [2.75, 3.05) is 13.1 Å². The smallest absolute Gasteiger partial charge is 0.270 e. The van der Waals surface area contributed by atoms with Gasteiger partial charge in [0.1, 0.15) is 16.9 Å². The first kappa shape index (κ1) is 24.6. The summed E-state index contributed by atoms with van der Waals surface area (Å²) in [5.74, 6) is -4.85. The molecule has 3 rings (SSSR count). The molecular weight excluding hydrogens is 442 g/mol. The first-order chi connectivity index (χ1) is 14.8. The number of carbonyl (C=O) groups is 2. The van der Waals surface area contributed by atoms with E-state index in [1.54, 1.807) is 38.1 Å². The first-order valence-corrected chi connectivity index (χ1v) is 11.0. The van der Waals surface area contributed by atoms with Crippen LogP contribution in [0.2, 0.25) is 5.02 Å². The Morgan fingerprint density at radius 3 is 2.28 bits per heavy atom. The van der Waals surface area contributed by atoms with Crippen molar-refractivity contribution >= 4 is 23.4 Å². The van der Waals surface area contributed by atoms with Crippen LogP contribution in [0.25, 0.3) is 0 Å². The van der Waals surface area contributed by atoms with E-state index in [9.17, 15) is 28.6 Å². The number of likely N-dealkylation sites (tertiary alicyclic amines) is 1. The molecule has 1 aromatic rings. The molecule has 0 radical (unpaired) electrons. The fourth-order valence-electron chi connectivity index (χ4n) is 4.45. The van der Waals surface area contributed by atoms with Crippen molar-refractivity contribution in [3.05, 3.63) is 46.1 Å². The Morgan fingerprint density at radius 1 is 1.16 bits per heavy atom. The summed E-state index contributed by atoms with van der Waals surface area (Å²) < 4.78 is 27.0. The van der Waals surface area contributed by atoms with Crippen LogP contribution >= 0.6 is 11.6 Å². The molecular formula is C23H29ClF2N2O4. The number of amides is 2. The molecule has 0 bridgehead atoms. The van der Waals surface area contributed by atoms with E-state index >= 15 is 0 Å². The van der Waals surface area contributed by atoms with Crippen molar-refractivity contribution in [3.8, 4) is 0 Å². The maximum absolute atomic E-state index is 13.5. The number of halogens is 3. The first-order valence-electron chi connectivity index (χ1n) is 10.6. The van der Waals surface area contributed by atoms with Crippen molar-refractivity contribution in [2.24, 2.45) is 5.92 Å². The van der Waals surface area contributed by atoms with Crippen LogP contribution in [-0.2, 0) is 15.2 Å². The normalized spacial score (nSPS) is 29.5. The number of nitrogens with one attached hydrogen (secondary N) is 1.